The summed E-state index contributed by atoms with van der Waals surface area (Å²) in [5, 5.41) is 23.4. The smallest absolute Gasteiger partial charge is 0.243 e. The third-order valence-corrected chi connectivity index (χ3v) is 10.7. The van der Waals surface area contributed by atoms with Crippen molar-refractivity contribution in [2.75, 3.05) is 33.2 Å². The number of aliphatic hydroxyl groups excluding tert-OH is 1. The number of halogens is 1. The molecule has 0 aromatic heterocycles. The van der Waals surface area contributed by atoms with Crippen LogP contribution >= 0.6 is 0 Å². The van der Waals surface area contributed by atoms with Gasteiger partial charge in [0.1, 0.15) is 11.9 Å². The number of hydrogen-bond donors (Lipinski definition) is 2. The molecule has 3 aliphatic rings. The van der Waals surface area contributed by atoms with Crippen molar-refractivity contribution in [1.82, 2.24) is 19.4 Å². The lowest BCUT2D eigenvalue weighted by Gasteiger charge is -2.39. The number of carbonyl (C=O) groups is 1. The molecule has 12 heteroatoms. The summed E-state index contributed by atoms with van der Waals surface area (Å²) in [5.74, 6) is -0.889. The number of nitrogens with zero attached hydrogens (tertiary/aromatic N) is 4. The zero-order valence-corrected chi connectivity index (χ0v) is 26.6. The Morgan fingerprint density at radius 2 is 1.84 bits per heavy atom. The Morgan fingerprint density at radius 3 is 2.50 bits per heavy atom. The van der Waals surface area contributed by atoms with Crippen molar-refractivity contribution in [2.24, 2.45) is 5.92 Å². The molecule has 2 saturated heterocycles. The van der Waals surface area contributed by atoms with Crippen molar-refractivity contribution >= 4 is 15.9 Å². The number of likely N-dealkylation sites (N-methyl/N-ethyl adjacent to an activating group) is 1. The van der Waals surface area contributed by atoms with Gasteiger partial charge in [-0.1, -0.05) is 24.3 Å². The van der Waals surface area contributed by atoms with Gasteiger partial charge in [-0.2, -0.15) is 9.57 Å². The van der Waals surface area contributed by atoms with Crippen LogP contribution in [-0.4, -0.2) is 96.9 Å². The fourth-order valence-electron chi connectivity index (χ4n) is 6.58. The number of likely N-dealkylation sites (tertiary alicyclic amines) is 1. The van der Waals surface area contributed by atoms with E-state index in [2.05, 4.69) is 16.3 Å². The van der Waals surface area contributed by atoms with Crippen LogP contribution in [0.15, 0.2) is 47.4 Å². The van der Waals surface area contributed by atoms with Gasteiger partial charge >= 0.3 is 0 Å². The van der Waals surface area contributed by atoms with E-state index >= 15 is 4.39 Å². The summed E-state index contributed by atoms with van der Waals surface area (Å²) in [4.78, 5) is 17.4. The Balaban J connectivity index is 1.27. The van der Waals surface area contributed by atoms with E-state index in [1.807, 2.05) is 27.8 Å². The molecule has 5 rings (SSSR count). The maximum absolute atomic E-state index is 15.4. The van der Waals surface area contributed by atoms with Crippen LogP contribution in [0.1, 0.15) is 45.6 Å². The average molecular weight is 628 g/mol. The van der Waals surface area contributed by atoms with Crippen LogP contribution in [0.25, 0.3) is 11.1 Å². The fourth-order valence-corrected chi connectivity index (χ4v) is 8.04. The second-order valence-electron chi connectivity index (χ2n) is 13.1. The minimum atomic E-state index is -3.68. The topological polar surface area (TPSA) is 126 Å². The van der Waals surface area contributed by atoms with E-state index in [1.54, 1.807) is 41.3 Å². The molecule has 0 radical (unpaired) electrons. The Kier molecular flexibility index (Phi) is 9.47. The number of amides is 1. The molecule has 0 spiro atoms. The summed E-state index contributed by atoms with van der Waals surface area (Å²) < 4.78 is 49.1. The molecule has 2 aromatic rings. The second-order valence-corrected chi connectivity index (χ2v) is 15.0. The highest BCUT2D eigenvalue weighted by Crippen LogP contribution is 2.44. The summed E-state index contributed by atoms with van der Waals surface area (Å²) in [5.41, 5.74) is 0.706. The SMILES string of the molecule is CN1CCN(S(=O)(=O)c2cccc(-c3ccc(C[C@@H](C#N)NC(=O)[C@@H]4[C@H]5CC[C@H](C5)N4C(O)OC(C)(C)C)c(F)c3)c2)CC1. The predicted octanol–water partition coefficient (Wildman–Crippen LogP) is 2.92. The van der Waals surface area contributed by atoms with Crippen molar-refractivity contribution in [1.29, 1.82) is 5.26 Å². The maximum atomic E-state index is 15.4. The number of sulfonamides is 1. The van der Waals surface area contributed by atoms with E-state index in [9.17, 15) is 23.6 Å². The van der Waals surface area contributed by atoms with Crippen LogP contribution in [0, 0.1) is 23.1 Å². The molecular formula is C32H42FN5O5S. The Labute approximate surface area is 259 Å². The molecular weight excluding hydrogens is 585 g/mol. The van der Waals surface area contributed by atoms with Crippen LogP contribution in [0.5, 0.6) is 0 Å². The first-order chi connectivity index (χ1) is 20.8. The number of benzene rings is 2. The number of ether oxygens (including phenoxy) is 1. The Hall–Kier alpha value is -2.92. The van der Waals surface area contributed by atoms with E-state index in [0.717, 1.165) is 19.3 Å². The van der Waals surface area contributed by atoms with E-state index in [4.69, 9.17) is 4.74 Å². The van der Waals surface area contributed by atoms with Crippen LogP contribution in [0.3, 0.4) is 0 Å². The van der Waals surface area contributed by atoms with Crippen molar-refractivity contribution in [3.8, 4) is 17.2 Å². The normalized spacial score (nSPS) is 24.6. The lowest BCUT2D eigenvalue weighted by atomic mass is 9.96. The number of hydrogen-bond acceptors (Lipinski definition) is 8. The molecule has 2 bridgehead atoms. The Morgan fingerprint density at radius 1 is 1.14 bits per heavy atom. The molecule has 10 nitrogen and oxygen atoms in total. The number of piperazine rings is 1. The first-order valence-corrected chi connectivity index (χ1v) is 16.6. The highest BCUT2D eigenvalue weighted by atomic mass is 32.2. The summed E-state index contributed by atoms with van der Waals surface area (Å²) in [6.45, 7) is 7.63. The zero-order valence-electron chi connectivity index (χ0n) is 25.7. The standard InChI is InChI=1S/C32H42FN5O5S/c1-32(2,3)43-31(40)38-26-11-10-24(17-26)29(38)30(39)35-25(20-34)16-23-9-8-22(19-28(23)33)21-6-5-7-27(18-21)44(41,42)37-14-12-36(4)13-15-37/h5-9,18-19,24-26,29,31,40H,10-17H2,1-4H3,(H,35,39)/t24-,25-,26+,29-,31?/m0/s1. The fraction of sp³-hybridized carbons (Fsp3) is 0.562. The van der Waals surface area contributed by atoms with Crippen LogP contribution in [-0.2, 0) is 26.0 Å². The van der Waals surface area contributed by atoms with Crippen molar-refractivity contribution in [3.63, 3.8) is 0 Å². The van der Waals surface area contributed by atoms with Crippen molar-refractivity contribution in [2.45, 2.75) is 81.5 Å². The van der Waals surface area contributed by atoms with E-state index in [1.165, 1.54) is 10.4 Å². The van der Waals surface area contributed by atoms with E-state index in [-0.39, 0.29) is 34.7 Å². The van der Waals surface area contributed by atoms with Gasteiger partial charge in [0.2, 0.25) is 22.3 Å². The molecule has 1 unspecified atom stereocenters. The third kappa shape index (κ3) is 6.98. The molecule has 1 saturated carbocycles. The first-order valence-electron chi connectivity index (χ1n) is 15.2. The number of piperidine rings is 1. The van der Waals surface area contributed by atoms with Crippen LogP contribution in [0.2, 0.25) is 0 Å². The molecule has 3 fully saturated rings. The quantitative estimate of drug-likeness (QED) is 0.407. The van der Waals surface area contributed by atoms with Crippen molar-refractivity contribution in [3.05, 3.63) is 53.8 Å². The van der Waals surface area contributed by atoms with Crippen LogP contribution in [0.4, 0.5) is 4.39 Å². The molecule has 2 aromatic carbocycles. The highest BCUT2D eigenvalue weighted by Gasteiger charge is 2.52. The maximum Gasteiger partial charge on any atom is 0.243 e. The summed E-state index contributed by atoms with van der Waals surface area (Å²) >= 11 is 0. The number of nitriles is 1. The number of aliphatic hydroxyl groups is 1. The largest absolute Gasteiger partial charge is 0.356 e. The molecule has 238 valence electrons. The summed E-state index contributed by atoms with van der Waals surface area (Å²) in [6.07, 6.45) is 1.19. The minimum absolute atomic E-state index is 0.0219. The summed E-state index contributed by atoms with van der Waals surface area (Å²) in [7, 11) is -1.73. The van der Waals surface area contributed by atoms with Gasteiger partial charge in [0.05, 0.1) is 22.6 Å². The second kappa shape index (κ2) is 12.8. The van der Waals surface area contributed by atoms with E-state index < -0.39 is 39.9 Å². The molecule has 44 heavy (non-hydrogen) atoms. The molecule has 1 amide bonds. The van der Waals surface area contributed by atoms with Gasteiger partial charge in [-0.15, -0.1) is 0 Å². The first kappa shape index (κ1) is 32.5. The lowest BCUT2D eigenvalue weighted by Crippen LogP contribution is -2.57. The molecule has 2 aliphatic heterocycles. The predicted molar refractivity (Wildman–Crippen MR) is 163 cm³/mol. The van der Waals surface area contributed by atoms with Gasteiger partial charge in [-0.3, -0.25) is 4.79 Å². The van der Waals surface area contributed by atoms with Gasteiger partial charge < -0.3 is 20.1 Å². The molecule has 2 N–H and O–H groups in total. The van der Waals surface area contributed by atoms with Gasteiger partial charge in [-0.25, -0.2) is 17.7 Å². The monoisotopic (exact) mass is 627 g/mol. The Bertz CT molecular complexity index is 1520. The zero-order chi connectivity index (χ0) is 31.8. The third-order valence-electron chi connectivity index (χ3n) is 8.83. The van der Waals surface area contributed by atoms with Crippen molar-refractivity contribution < 1.29 is 27.4 Å². The van der Waals surface area contributed by atoms with Gasteiger partial charge in [0, 0.05) is 38.6 Å². The average Bonchev–Trinajstić information content (AvgIpc) is 3.59. The molecule has 5 atom stereocenters. The minimum Gasteiger partial charge on any atom is -0.356 e. The lowest BCUT2D eigenvalue weighted by molar-refractivity contribution is -0.254. The highest BCUT2D eigenvalue weighted by molar-refractivity contribution is 7.89. The number of fused-ring (bicyclic) bond motifs is 2. The number of nitrogens with one attached hydrogen (secondary N) is 1. The number of rotatable bonds is 9. The number of carbonyl (C=O) groups excluding carboxylic acids is 1. The molecule has 1 aliphatic carbocycles. The van der Waals surface area contributed by atoms with E-state index in [0.29, 0.717) is 37.3 Å². The van der Waals surface area contributed by atoms with Gasteiger partial charge in [0.15, 0.2) is 0 Å². The van der Waals surface area contributed by atoms with Gasteiger partial charge in [0.25, 0.3) is 0 Å². The van der Waals surface area contributed by atoms with Gasteiger partial charge in [-0.05, 0) is 87.9 Å². The molecule has 2 heterocycles. The van der Waals surface area contributed by atoms with Crippen LogP contribution < -0.4 is 5.32 Å². The summed E-state index contributed by atoms with van der Waals surface area (Å²) in [6, 6.07) is 11.5.